The molecule has 0 N–H and O–H groups in total. The smallest absolute Gasteiger partial charge is 0.414 e. The molecule has 1 heterocycles. The SMILES string of the molecule is CCOC(=O)N1CC(C)N(C(C)=O)c2ccc(-c3ccc(S(=O)(=O)C4CC4)cc3)cc21. The van der Waals surface area contributed by atoms with E-state index in [2.05, 4.69) is 0 Å². The van der Waals surface area contributed by atoms with E-state index in [4.69, 9.17) is 4.74 Å². The van der Waals surface area contributed by atoms with Gasteiger partial charge in [0.2, 0.25) is 5.91 Å². The normalized spacial score (nSPS) is 18.5. The lowest BCUT2D eigenvalue weighted by atomic mass is 10.0. The van der Waals surface area contributed by atoms with Crippen LogP contribution in [-0.2, 0) is 19.4 Å². The number of hydrogen-bond donors (Lipinski definition) is 0. The summed E-state index contributed by atoms with van der Waals surface area (Å²) in [6.07, 6.45) is 0.995. The molecular weight excluding hydrogens is 416 g/mol. The summed E-state index contributed by atoms with van der Waals surface area (Å²) in [5.74, 6) is -0.0976. The summed E-state index contributed by atoms with van der Waals surface area (Å²) in [5, 5.41) is -0.250. The number of sulfone groups is 1. The molecule has 2 amide bonds. The van der Waals surface area contributed by atoms with Crippen LogP contribution < -0.4 is 9.80 Å². The summed E-state index contributed by atoms with van der Waals surface area (Å²) in [6.45, 7) is 5.73. The van der Waals surface area contributed by atoms with Gasteiger partial charge in [0.25, 0.3) is 0 Å². The van der Waals surface area contributed by atoms with E-state index < -0.39 is 15.9 Å². The van der Waals surface area contributed by atoms with E-state index in [1.165, 1.54) is 6.92 Å². The molecule has 0 saturated heterocycles. The van der Waals surface area contributed by atoms with Crippen LogP contribution in [0.4, 0.5) is 16.2 Å². The van der Waals surface area contributed by atoms with Crippen LogP contribution in [0.5, 0.6) is 0 Å². The van der Waals surface area contributed by atoms with Crippen LogP contribution in [0.1, 0.15) is 33.6 Å². The van der Waals surface area contributed by atoms with Crippen molar-refractivity contribution in [2.24, 2.45) is 0 Å². The summed E-state index contributed by atoms with van der Waals surface area (Å²) >= 11 is 0. The van der Waals surface area contributed by atoms with Crippen molar-refractivity contribution in [3.63, 3.8) is 0 Å². The van der Waals surface area contributed by atoms with Gasteiger partial charge in [0.1, 0.15) is 0 Å². The minimum atomic E-state index is -3.24. The zero-order chi connectivity index (χ0) is 22.3. The first-order chi connectivity index (χ1) is 14.7. The lowest BCUT2D eigenvalue weighted by molar-refractivity contribution is -0.117. The van der Waals surface area contributed by atoms with E-state index in [-0.39, 0.29) is 23.8 Å². The highest BCUT2D eigenvalue weighted by atomic mass is 32.2. The lowest BCUT2D eigenvalue weighted by Crippen LogP contribution is -2.51. The summed E-state index contributed by atoms with van der Waals surface area (Å²) < 4.78 is 30.1. The predicted molar refractivity (Wildman–Crippen MR) is 119 cm³/mol. The van der Waals surface area contributed by atoms with Crippen LogP contribution in [0.2, 0.25) is 0 Å². The number of amides is 2. The Bertz CT molecular complexity index is 1120. The van der Waals surface area contributed by atoms with Gasteiger partial charge in [0.05, 0.1) is 34.2 Å². The number of nitrogens with zero attached hydrogens (tertiary/aromatic N) is 2. The van der Waals surface area contributed by atoms with E-state index in [1.54, 1.807) is 41.0 Å². The Labute approximate surface area is 182 Å². The zero-order valence-electron chi connectivity index (χ0n) is 17.9. The third-order valence-corrected chi connectivity index (χ3v) is 8.00. The number of anilines is 2. The molecule has 1 saturated carbocycles. The van der Waals surface area contributed by atoms with Crippen molar-refractivity contribution in [1.29, 1.82) is 0 Å². The van der Waals surface area contributed by atoms with Crippen molar-refractivity contribution < 1.29 is 22.7 Å². The molecule has 2 aromatic carbocycles. The molecule has 0 radical (unpaired) electrons. The summed E-state index contributed by atoms with van der Waals surface area (Å²) in [7, 11) is -3.24. The third kappa shape index (κ3) is 3.92. The Balaban J connectivity index is 1.73. The first kappa shape index (κ1) is 21.4. The molecule has 1 atom stereocenters. The van der Waals surface area contributed by atoms with Crippen molar-refractivity contribution in [2.75, 3.05) is 23.0 Å². The Morgan fingerprint density at radius 1 is 1.03 bits per heavy atom. The molecule has 7 nitrogen and oxygen atoms in total. The fraction of sp³-hybridized carbons (Fsp3) is 0.391. The van der Waals surface area contributed by atoms with Crippen molar-refractivity contribution in [3.05, 3.63) is 42.5 Å². The molecule has 2 aliphatic rings. The van der Waals surface area contributed by atoms with Crippen molar-refractivity contribution in [3.8, 4) is 11.1 Å². The third-order valence-electron chi connectivity index (χ3n) is 5.72. The summed E-state index contributed by atoms with van der Waals surface area (Å²) in [4.78, 5) is 28.4. The topological polar surface area (TPSA) is 84.0 Å². The molecule has 8 heteroatoms. The van der Waals surface area contributed by atoms with Gasteiger partial charge in [-0.05, 0) is 62.1 Å². The highest BCUT2D eigenvalue weighted by Gasteiger charge is 2.37. The Morgan fingerprint density at radius 2 is 1.68 bits per heavy atom. The van der Waals surface area contributed by atoms with Gasteiger partial charge in [-0.25, -0.2) is 13.2 Å². The van der Waals surface area contributed by atoms with Gasteiger partial charge in [-0.1, -0.05) is 18.2 Å². The summed E-state index contributed by atoms with van der Waals surface area (Å²) in [5.41, 5.74) is 2.89. The van der Waals surface area contributed by atoms with Gasteiger partial charge in [-0.3, -0.25) is 9.69 Å². The molecule has 0 aromatic heterocycles. The quantitative estimate of drug-likeness (QED) is 0.714. The van der Waals surface area contributed by atoms with Gasteiger partial charge in [-0.15, -0.1) is 0 Å². The highest BCUT2D eigenvalue weighted by molar-refractivity contribution is 7.92. The fourth-order valence-electron chi connectivity index (χ4n) is 4.07. The Hall–Kier alpha value is -2.87. The fourth-order valence-corrected chi connectivity index (χ4v) is 5.72. The lowest BCUT2D eigenvalue weighted by Gasteiger charge is -2.40. The molecule has 4 rings (SSSR count). The second-order valence-corrected chi connectivity index (χ2v) is 10.2. The number of ether oxygens (including phenoxy) is 1. The maximum atomic E-state index is 12.6. The number of carbonyl (C=O) groups is 2. The first-order valence-corrected chi connectivity index (χ1v) is 12.0. The molecule has 1 aliphatic carbocycles. The largest absolute Gasteiger partial charge is 0.449 e. The van der Waals surface area contributed by atoms with E-state index in [9.17, 15) is 18.0 Å². The van der Waals surface area contributed by atoms with Crippen LogP contribution >= 0.6 is 0 Å². The van der Waals surface area contributed by atoms with Crippen LogP contribution in [0, 0.1) is 0 Å². The molecule has 1 aliphatic heterocycles. The Morgan fingerprint density at radius 3 is 2.26 bits per heavy atom. The highest BCUT2D eigenvalue weighted by Crippen LogP contribution is 2.40. The molecular formula is C23H26N2O5S. The second-order valence-electron chi connectivity index (χ2n) is 8.02. The van der Waals surface area contributed by atoms with Crippen LogP contribution in [0.15, 0.2) is 47.4 Å². The first-order valence-electron chi connectivity index (χ1n) is 10.5. The van der Waals surface area contributed by atoms with Crippen molar-refractivity contribution >= 4 is 33.2 Å². The Kier molecular flexibility index (Phi) is 5.51. The molecule has 0 bridgehead atoms. The number of fused-ring (bicyclic) bond motifs is 1. The second kappa shape index (κ2) is 8.00. The minimum absolute atomic E-state index is 0.0976. The van der Waals surface area contributed by atoms with Crippen LogP contribution in [-0.4, -0.2) is 44.9 Å². The molecule has 31 heavy (non-hydrogen) atoms. The molecule has 0 spiro atoms. The van der Waals surface area contributed by atoms with Gasteiger partial charge in [0.15, 0.2) is 9.84 Å². The zero-order valence-corrected chi connectivity index (χ0v) is 18.7. The number of carbonyl (C=O) groups excluding carboxylic acids is 2. The molecule has 1 fully saturated rings. The van der Waals surface area contributed by atoms with Gasteiger partial charge < -0.3 is 9.64 Å². The molecule has 1 unspecified atom stereocenters. The van der Waals surface area contributed by atoms with E-state index in [1.807, 2.05) is 25.1 Å². The number of benzene rings is 2. The average Bonchev–Trinajstić information content (AvgIpc) is 3.59. The van der Waals surface area contributed by atoms with Crippen molar-refractivity contribution in [1.82, 2.24) is 0 Å². The van der Waals surface area contributed by atoms with Crippen LogP contribution in [0.25, 0.3) is 11.1 Å². The van der Waals surface area contributed by atoms with Gasteiger partial charge in [-0.2, -0.15) is 0 Å². The molecule has 164 valence electrons. The number of rotatable bonds is 4. The van der Waals surface area contributed by atoms with Crippen molar-refractivity contribution in [2.45, 2.75) is 49.8 Å². The number of hydrogen-bond acceptors (Lipinski definition) is 5. The van der Waals surface area contributed by atoms with Gasteiger partial charge >= 0.3 is 6.09 Å². The monoisotopic (exact) mass is 442 g/mol. The van der Waals surface area contributed by atoms with E-state index in [0.717, 1.165) is 24.0 Å². The van der Waals surface area contributed by atoms with E-state index >= 15 is 0 Å². The van der Waals surface area contributed by atoms with Crippen LogP contribution in [0.3, 0.4) is 0 Å². The van der Waals surface area contributed by atoms with E-state index in [0.29, 0.717) is 22.8 Å². The molecule has 2 aromatic rings. The summed E-state index contributed by atoms with van der Waals surface area (Å²) in [6, 6.07) is 12.2. The van der Waals surface area contributed by atoms with Gasteiger partial charge in [0, 0.05) is 13.5 Å². The average molecular weight is 443 g/mol. The predicted octanol–water partition coefficient (Wildman–Crippen LogP) is 4.01. The standard InChI is InChI=1S/C23H26N2O5S/c1-4-30-23(27)24-14-15(2)25(16(3)26)21-12-7-18(13-22(21)24)17-5-8-19(9-6-17)31(28,29)20-10-11-20/h5-9,12-13,15,20H,4,10-11,14H2,1-3H3. The maximum absolute atomic E-state index is 12.6. The minimum Gasteiger partial charge on any atom is -0.449 e. The maximum Gasteiger partial charge on any atom is 0.414 e.